The summed E-state index contributed by atoms with van der Waals surface area (Å²) in [4.78, 5) is 4.27. The molecule has 0 spiro atoms. The van der Waals surface area contributed by atoms with Gasteiger partial charge in [-0.1, -0.05) is 35.5 Å². The maximum atomic E-state index is 12.0. The molecule has 23 heavy (non-hydrogen) atoms. The lowest BCUT2D eigenvalue weighted by molar-refractivity contribution is 0.339. The van der Waals surface area contributed by atoms with Gasteiger partial charge < -0.3 is 0 Å². The van der Waals surface area contributed by atoms with Gasteiger partial charge in [0.15, 0.2) is 5.01 Å². The number of hydrogen-bond acceptors (Lipinski definition) is 7. The van der Waals surface area contributed by atoms with E-state index >= 15 is 0 Å². The topological polar surface area (TPSA) is 92.4 Å². The largest absolute Gasteiger partial charge is 0.358 e. The highest BCUT2D eigenvalue weighted by Gasteiger charge is 2.17. The Kier molecular flexibility index (Phi) is 4.23. The molecular weight excluding hydrogens is 334 g/mol. The van der Waals surface area contributed by atoms with Gasteiger partial charge in [0.1, 0.15) is 11.0 Å². The van der Waals surface area contributed by atoms with E-state index in [0.29, 0.717) is 5.01 Å². The maximum absolute atomic E-state index is 12.0. The summed E-state index contributed by atoms with van der Waals surface area (Å²) in [5.41, 5.74) is -0.161. The number of nitriles is 1. The van der Waals surface area contributed by atoms with E-state index in [0.717, 1.165) is 22.7 Å². The van der Waals surface area contributed by atoms with Gasteiger partial charge in [-0.3, -0.25) is 4.28 Å². The van der Waals surface area contributed by atoms with Gasteiger partial charge in [-0.15, -0.1) is 11.3 Å². The zero-order chi connectivity index (χ0) is 16.3. The molecule has 1 aromatic heterocycles. The standard InChI is InChI=1S/C15H11N3O3S2/c16-10-13(15-17-12-8-4-5-9-14(12)22-15)18-21-23(19,20)11-6-2-1-3-7-11/h1-3,6-9H,4-5H2/b18-13+. The maximum Gasteiger partial charge on any atom is 0.358 e. The fraction of sp³-hybridized carbons (Fsp3) is 0.133. The number of oxime groups is 1. The van der Waals surface area contributed by atoms with E-state index < -0.39 is 10.1 Å². The average molecular weight is 345 g/mol. The van der Waals surface area contributed by atoms with Gasteiger partial charge in [-0.05, 0) is 25.0 Å². The Balaban J connectivity index is 1.92. The lowest BCUT2D eigenvalue weighted by Gasteiger charge is -2.00. The Labute approximate surface area is 136 Å². The van der Waals surface area contributed by atoms with E-state index in [2.05, 4.69) is 14.4 Å². The van der Waals surface area contributed by atoms with Crippen molar-refractivity contribution in [1.82, 2.24) is 4.98 Å². The third-order valence-corrected chi connectivity index (χ3v) is 5.28. The molecule has 2 aromatic rings. The van der Waals surface area contributed by atoms with E-state index in [1.165, 1.54) is 23.5 Å². The quantitative estimate of drug-likeness (QED) is 0.612. The van der Waals surface area contributed by atoms with Crippen LogP contribution in [0.5, 0.6) is 0 Å². The Morgan fingerprint density at radius 2 is 2.00 bits per heavy atom. The summed E-state index contributed by atoms with van der Waals surface area (Å²) in [6.45, 7) is 0. The monoisotopic (exact) mass is 345 g/mol. The van der Waals surface area contributed by atoms with Crippen molar-refractivity contribution in [2.24, 2.45) is 5.16 Å². The minimum Gasteiger partial charge on any atom is -0.263 e. The van der Waals surface area contributed by atoms with Gasteiger partial charge in [0, 0.05) is 0 Å². The third kappa shape index (κ3) is 3.31. The molecule has 8 heteroatoms. The van der Waals surface area contributed by atoms with Crippen LogP contribution in [0.3, 0.4) is 0 Å². The summed E-state index contributed by atoms with van der Waals surface area (Å²) in [6, 6.07) is 9.46. The van der Waals surface area contributed by atoms with Crippen molar-refractivity contribution in [2.75, 3.05) is 0 Å². The summed E-state index contributed by atoms with van der Waals surface area (Å²) in [6.07, 6.45) is 5.83. The van der Waals surface area contributed by atoms with Crippen molar-refractivity contribution in [3.05, 3.63) is 45.2 Å². The number of rotatable bonds is 4. The molecule has 0 unspecified atom stereocenters. The molecule has 0 saturated carbocycles. The van der Waals surface area contributed by atoms with Crippen molar-refractivity contribution < 1.29 is 12.7 Å². The van der Waals surface area contributed by atoms with Crippen LogP contribution in [-0.4, -0.2) is 19.1 Å². The van der Waals surface area contributed by atoms with Crippen LogP contribution in [0.2, 0.25) is 0 Å². The highest BCUT2D eigenvalue weighted by Crippen LogP contribution is 2.12. The van der Waals surface area contributed by atoms with Crippen LogP contribution in [0.15, 0.2) is 40.4 Å². The number of nitrogens with zero attached hydrogens (tertiary/aromatic N) is 3. The summed E-state index contributed by atoms with van der Waals surface area (Å²) in [7, 11) is -4.05. The van der Waals surface area contributed by atoms with Crippen molar-refractivity contribution in [3.8, 4) is 6.07 Å². The van der Waals surface area contributed by atoms with E-state index in [-0.39, 0.29) is 10.6 Å². The molecule has 0 atom stereocenters. The molecule has 1 aliphatic carbocycles. The molecule has 0 amide bonds. The predicted octanol–water partition coefficient (Wildman–Crippen LogP) is 1.13. The average Bonchev–Trinajstić information content (AvgIpc) is 3.00. The first kappa shape index (κ1) is 15.4. The zero-order valence-electron chi connectivity index (χ0n) is 11.8. The van der Waals surface area contributed by atoms with Gasteiger partial charge in [0.05, 0.1) is 9.88 Å². The van der Waals surface area contributed by atoms with E-state index in [1.54, 1.807) is 18.2 Å². The SMILES string of the molecule is N#C/C(=N\OS(=O)(=O)c1ccccc1)c1nc2c(s1)=CCCC=2. The number of fused-ring (bicyclic) bond motifs is 1. The first-order valence-electron chi connectivity index (χ1n) is 6.74. The molecule has 3 rings (SSSR count). The van der Waals surface area contributed by atoms with Crippen molar-refractivity contribution in [1.29, 1.82) is 5.26 Å². The van der Waals surface area contributed by atoms with Crippen molar-refractivity contribution in [2.45, 2.75) is 17.7 Å². The molecule has 0 bridgehead atoms. The Hall–Kier alpha value is -2.50. The Morgan fingerprint density at radius 3 is 2.70 bits per heavy atom. The second kappa shape index (κ2) is 6.32. The molecule has 6 nitrogen and oxygen atoms in total. The van der Waals surface area contributed by atoms with E-state index in [9.17, 15) is 13.7 Å². The van der Waals surface area contributed by atoms with Crippen LogP contribution in [-0.2, 0) is 14.4 Å². The first-order chi connectivity index (χ1) is 11.1. The highest BCUT2D eigenvalue weighted by molar-refractivity contribution is 7.86. The van der Waals surface area contributed by atoms with Gasteiger partial charge in [-0.2, -0.15) is 13.7 Å². The van der Waals surface area contributed by atoms with Crippen LogP contribution >= 0.6 is 11.3 Å². The smallest absolute Gasteiger partial charge is 0.263 e. The number of hydrogen-bond donors (Lipinski definition) is 0. The van der Waals surface area contributed by atoms with Crippen LogP contribution in [0, 0.1) is 11.3 Å². The number of aromatic nitrogens is 1. The second-order valence-corrected chi connectivity index (χ2v) is 7.21. The summed E-state index contributed by atoms with van der Waals surface area (Å²) in [5.74, 6) is 0. The second-order valence-electron chi connectivity index (χ2n) is 4.65. The molecule has 1 heterocycles. The third-order valence-electron chi connectivity index (χ3n) is 3.08. The molecule has 0 fully saturated rings. The Morgan fingerprint density at radius 1 is 1.26 bits per heavy atom. The van der Waals surface area contributed by atoms with Crippen LogP contribution in [0.1, 0.15) is 17.8 Å². The molecule has 116 valence electrons. The van der Waals surface area contributed by atoms with Gasteiger partial charge in [-0.25, -0.2) is 4.98 Å². The van der Waals surface area contributed by atoms with Crippen LogP contribution in [0.25, 0.3) is 12.2 Å². The number of benzene rings is 1. The van der Waals surface area contributed by atoms with E-state index in [1.807, 2.05) is 18.2 Å². The molecule has 0 N–H and O–H groups in total. The number of thiazole rings is 1. The molecule has 0 radical (unpaired) electrons. The fourth-order valence-corrected chi connectivity index (χ4v) is 3.71. The van der Waals surface area contributed by atoms with Gasteiger partial charge in [0.25, 0.3) is 0 Å². The fourth-order valence-electron chi connectivity index (χ4n) is 2.00. The normalized spacial score (nSPS) is 14.1. The summed E-state index contributed by atoms with van der Waals surface area (Å²) >= 11 is 1.29. The molecule has 0 saturated heterocycles. The zero-order valence-corrected chi connectivity index (χ0v) is 13.5. The minimum atomic E-state index is -4.05. The summed E-state index contributed by atoms with van der Waals surface area (Å²) < 4.78 is 29.6. The highest BCUT2D eigenvalue weighted by atomic mass is 32.2. The van der Waals surface area contributed by atoms with Crippen molar-refractivity contribution in [3.63, 3.8) is 0 Å². The lowest BCUT2D eigenvalue weighted by atomic mass is 10.2. The molecule has 1 aromatic carbocycles. The van der Waals surface area contributed by atoms with Crippen LogP contribution in [0.4, 0.5) is 0 Å². The van der Waals surface area contributed by atoms with Crippen LogP contribution < -0.4 is 9.88 Å². The first-order valence-corrected chi connectivity index (χ1v) is 8.97. The molecule has 0 aliphatic heterocycles. The molecular formula is C15H11N3O3S2. The van der Waals surface area contributed by atoms with E-state index in [4.69, 9.17) is 0 Å². The van der Waals surface area contributed by atoms with Crippen molar-refractivity contribution >= 4 is 39.3 Å². The minimum absolute atomic E-state index is 0.0267. The van der Waals surface area contributed by atoms with Gasteiger partial charge in [0.2, 0.25) is 5.71 Å². The van der Waals surface area contributed by atoms with Gasteiger partial charge >= 0.3 is 10.1 Å². The predicted molar refractivity (Wildman–Crippen MR) is 86.4 cm³/mol. The summed E-state index contributed by atoms with van der Waals surface area (Å²) in [5, 5.41) is 13.8. The molecule has 1 aliphatic rings. The lowest BCUT2D eigenvalue weighted by Crippen LogP contribution is -2.22. The Bertz CT molecular complexity index is 983.